The van der Waals surface area contributed by atoms with E-state index in [0.717, 1.165) is 56.6 Å². The van der Waals surface area contributed by atoms with Crippen LogP contribution in [0.2, 0.25) is 0 Å². The van der Waals surface area contributed by atoms with Crippen LogP contribution in [0.3, 0.4) is 0 Å². The molecule has 2 N–H and O–H groups in total. The lowest BCUT2D eigenvalue weighted by Gasteiger charge is -2.23. The topological polar surface area (TPSA) is 67.1 Å². The number of hydrogen-bond acceptors (Lipinski definition) is 3. The van der Waals surface area contributed by atoms with Gasteiger partial charge in [-0.2, -0.15) is 0 Å². The number of nitrogens with zero attached hydrogens (tertiary/aromatic N) is 4. The van der Waals surface area contributed by atoms with E-state index >= 15 is 0 Å². The minimum Gasteiger partial charge on any atom is -0.357 e. The van der Waals surface area contributed by atoms with E-state index in [1.54, 1.807) is 0 Å². The van der Waals surface area contributed by atoms with Crippen LogP contribution < -0.4 is 10.6 Å². The second kappa shape index (κ2) is 11.3. The molecule has 0 aromatic carbocycles. The predicted molar refractivity (Wildman–Crippen MR) is 113 cm³/mol. The van der Waals surface area contributed by atoms with Gasteiger partial charge in [-0.15, -0.1) is 10.2 Å². The highest BCUT2D eigenvalue weighted by Gasteiger charge is 2.17. The van der Waals surface area contributed by atoms with Crippen LogP contribution in [0.25, 0.3) is 0 Å². The first-order valence-corrected chi connectivity index (χ1v) is 11.0. The molecular formula is C21H40N6. The third-order valence-electron chi connectivity index (χ3n) is 5.29. The van der Waals surface area contributed by atoms with E-state index in [1.807, 2.05) is 0 Å². The number of guanidine groups is 1. The molecule has 0 saturated heterocycles. The monoisotopic (exact) mass is 376 g/mol. The molecular weight excluding hydrogens is 336 g/mol. The summed E-state index contributed by atoms with van der Waals surface area (Å²) in [5, 5.41) is 15.7. The second-order valence-corrected chi connectivity index (χ2v) is 8.49. The summed E-state index contributed by atoms with van der Waals surface area (Å²) in [5.41, 5.74) is 0.252. The van der Waals surface area contributed by atoms with Gasteiger partial charge in [0.05, 0.1) is 0 Å². The lowest BCUT2D eigenvalue weighted by molar-refractivity contribution is 0.332. The molecule has 0 fully saturated rings. The molecule has 1 aliphatic heterocycles. The van der Waals surface area contributed by atoms with Gasteiger partial charge in [0.25, 0.3) is 0 Å². The fourth-order valence-corrected chi connectivity index (χ4v) is 3.59. The maximum absolute atomic E-state index is 4.84. The molecule has 0 bridgehead atoms. The first kappa shape index (κ1) is 21.7. The lowest BCUT2D eigenvalue weighted by atomic mass is 9.87. The van der Waals surface area contributed by atoms with Crippen LogP contribution in [0.15, 0.2) is 4.99 Å². The minimum atomic E-state index is 0.252. The van der Waals surface area contributed by atoms with Gasteiger partial charge < -0.3 is 15.2 Å². The van der Waals surface area contributed by atoms with Crippen LogP contribution in [0, 0.1) is 5.41 Å². The number of unbranched alkanes of at least 4 members (excludes halogenated alkanes) is 2. The van der Waals surface area contributed by atoms with E-state index in [1.165, 1.54) is 44.9 Å². The highest BCUT2D eigenvalue weighted by molar-refractivity contribution is 5.79. The Hall–Kier alpha value is -1.59. The minimum absolute atomic E-state index is 0.252. The van der Waals surface area contributed by atoms with E-state index in [-0.39, 0.29) is 5.41 Å². The van der Waals surface area contributed by atoms with Gasteiger partial charge in [0.2, 0.25) is 0 Å². The molecule has 0 saturated carbocycles. The fourth-order valence-electron chi connectivity index (χ4n) is 3.59. The van der Waals surface area contributed by atoms with Crippen molar-refractivity contribution in [3.63, 3.8) is 0 Å². The summed E-state index contributed by atoms with van der Waals surface area (Å²) in [5.74, 6) is 3.18. The van der Waals surface area contributed by atoms with Gasteiger partial charge in [-0.05, 0) is 31.6 Å². The number of aromatic nitrogens is 3. The van der Waals surface area contributed by atoms with Gasteiger partial charge in [0.1, 0.15) is 11.6 Å². The SMILES string of the molecule is CCCCCC(C)(C)CN=C(NCC)NCCc1nnc2n1CCCCC2. The molecule has 27 heavy (non-hydrogen) atoms. The Labute approximate surface area is 165 Å². The fraction of sp³-hybridized carbons (Fsp3) is 0.857. The number of aryl methyl sites for hydroxylation is 1. The smallest absolute Gasteiger partial charge is 0.191 e. The van der Waals surface area contributed by atoms with Gasteiger partial charge in [-0.25, -0.2) is 0 Å². The predicted octanol–water partition coefficient (Wildman–Crippen LogP) is 3.71. The van der Waals surface area contributed by atoms with Crippen LogP contribution in [0.4, 0.5) is 0 Å². The number of rotatable bonds is 10. The highest BCUT2D eigenvalue weighted by Crippen LogP contribution is 2.24. The Morgan fingerprint density at radius 2 is 1.96 bits per heavy atom. The summed E-state index contributed by atoms with van der Waals surface area (Å²) in [7, 11) is 0. The molecule has 2 rings (SSSR count). The van der Waals surface area contributed by atoms with Crippen molar-refractivity contribution in [2.45, 2.75) is 92.0 Å². The largest absolute Gasteiger partial charge is 0.357 e. The van der Waals surface area contributed by atoms with Crippen LogP contribution >= 0.6 is 0 Å². The van der Waals surface area contributed by atoms with Crippen molar-refractivity contribution in [2.24, 2.45) is 10.4 Å². The molecule has 0 spiro atoms. The molecule has 6 nitrogen and oxygen atoms in total. The second-order valence-electron chi connectivity index (χ2n) is 8.49. The summed E-state index contributed by atoms with van der Waals surface area (Å²) in [6.07, 6.45) is 10.8. The Kier molecular flexibility index (Phi) is 9.08. The Morgan fingerprint density at radius 1 is 1.11 bits per heavy atom. The van der Waals surface area contributed by atoms with Gasteiger partial charge in [-0.3, -0.25) is 4.99 Å². The van der Waals surface area contributed by atoms with Crippen molar-refractivity contribution in [3.8, 4) is 0 Å². The average molecular weight is 377 g/mol. The third-order valence-corrected chi connectivity index (χ3v) is 5.29. The summed E-state index contributed by atoms with van der Waals surface area (Å²) >= 11 is 0. The lowest BCUT2D eigenvalue weighted by Crippen LogP contribution is -2.39. The zero-order valence-electron chi connectivity index (χ0n) is 18.0. The maximum atomic E-state index is 4.84. The van der Waals surface area contributed by atoms with Crippen molar-refractivity contribution >= 4 is 5.96 Å². The number of fused-ring (bicyclic) bond motifs is 1. The van der Waals surface area contributed by atoms with Crippen LogP contribution in [-0.4, -0.2) is 40.4 Å². The Bertz CT molecular complexity index is 575. The van der Waals surface area contributed by atoms with Gasteiger partial charge in [0.15, 0.2) is 5.96 Å². The molecule has 0 radical (unpaired) electrons. The molecule has 0 unspecified atom stereocenters. The van der Waals surface area contributed by atoms with Gasteiger partial charge >= 0.3 is 0 Å². The summed E-state index contributed by atoms with van der Waals surface area (Å²) in [6.45, 7) is 12.6. The van der Waals surface area contributed by atoms with Crippen LogP contribution in [-0.2, 0) is 19.4 Å². The van der Waals surface area contributed by atoms with E-state index in [2.05, 4.69) is 53.1 Å². The summed E-state index contributed by atoms with van der Waals surface area (Å²) in [6, 6.07) is 0. The van der Waals surface area contributed by atoms with Crippen LogP contribution in [0.5, 0.6) is 0 Å². The van der Waals surface area contributed by atoms with E-state index in [9.17, 15) is 0 Å². The summed E-state index contributed by atoms with van der Waals surface area (Å²) in [4.78, 5) is 4.84. The van der Waals surface area contributed by atoms with Crippen molar-refractivity contribution in [2.75, 3.05) is 19.6 Å². The number of hydrogen-bond donors (Lipinski definition) is 2. The van der Waals surface area contributed by atoms with E-state index in [4.69, 9.17) is 4.99 Å². The number of nitrogens with one attached hydrogen (secondary N) is 2. The Balaban J connectivity index is 1.84. The molecule has 0 atom stereocenters. The van der Waals surface area contributed by atoms with E-state index in [0.29, 0.717) is 0 Å². The zero-order valence-corrected chi connectivity index (χ0v) is 18.0. The van der Waals surface area contributed by atoms with Crippen molar-refractivity contribution in [1.29, 1.82) is 0 Å². The molecule has 1 aliphatic rings. The third kappa shape index (κ3) is 7.51. The highest BCUT2D eigenvalue weighted by atomic mass is 15.3. The first-order chi connectivity index (χ1) is 13.1. The van der Waals surface area contributed by atoms with Crippen molar-refractivity contribution in [3.05, 3.63) is 11.6 Å². The maximum Gasteiger partial charge on any atom is 0.191 e. The van der Waals surface area contributed by atoms with Gasteiger partial charge in [0, 0.05) is 39.0 Å². The normalized spacial score (nSPS) is 15.3. The molecule has 2 heterocycles. The molecule has 1 aromatic heterocycles. The van der Waals surface area contributed by atoms with Crippen molar-refractivity contribution < 1.29 is 0 Å². The van der Waals surface area contributed by atoms with E-state index < -0.39 is 0 Å². The molecule has 6 heteroatoms. The summed E-state index contributed by atoms with van der Waals surface area (Å²) < 4.78 is 2.33. The zero-order chi connectivity index (χ0) is 19.5. The first-order valence-electron chi connectivity index (χ1n) is 11.0. The molecule has 0 aliphatic carbocycles. The molecule has 0 amide bonds. The van der Waals surface area contributed by atoms with Crippen LogP contribution in [0.1, 0.15) is 84.3 Å². The molecule has 154 valence electrons. The Morgan fingerprint density at radius 3 is 2.74 bits per heavy atom. The van der Waals surface area contributed by atoms with Gasteiger partial charge in [-0.1, -0.05) is 46.5 Å². The quantitative estimate of drug-likeness (QED) is 0.371. The molecule has 1 aromatic rings. The standard InChI is InChI=1S/C21H40N6/c1-5-7-10-14-21(3,4)17-24-20(22-6-2)23-15-13-19-26-25-18-12-9-8-11-16-27(18)19/h5-17H2,1-4H3,(H2,22,23,24). The van der Waals surface area contributed by atoms with Crippen molar-refractivity contribution in [1.82, 2.24) is 25.4 Å². The number of aliphatic imine (C=N–C) groups is 1. The average Bonchev–Trinajstić information content (AvgIpc) is 2.86.